The van der Waals surface area contributed by atoms with Gasteiger partial charge < -0.3 is 16.0 Å². The smallest absolute Gasteiger partial charge is 0.254 e. The number of allylic oxidation sites excluding steroid dienone is 1. The second kappa shape index (κ2) is 8.78. The molecule has 0 spiro atoms. The van der Waals surface area contributed by atoms with E-state index in [1.54, 1.807) is 19.9 Å². The molecule has 32 heavy (non-hydrogen) atoms. The number of nitrogens with one attached hydrogen (secondary N) is 4. The number of fused-ring (bicyclic) bond motifs is 1. The molecule has 0 saturated heterocycles. The molecule has 2 aliphatic rings. The SMILES string of the molecule is CC(=N)/C(C)=C1\C(=N)Sc2c(NCc3ccc(F)c(C(=O)NC4CC(F)C4)c3)ncnc21. The summed E-state index contributed by atoms with van der Waals surface area (Å²) in [6, 6.07) is 4.01. The highest BCUT2D eigenvalue weighted by Crippen LogP contribution is 2.44. The summed E-state index contributed by atoms with van der Waals surface area (Å²) in [6.07, 6.45) is 1.01. The molecule has 0 radical (unpaired) electrons. The Morgan fingerprint density at radius 2 is 2.03 bits per heavy atom. The van der Waals surface area contributed by atoms with Gasteiger partial charge in [0.1, 0.15) is 29.2 Å². The zero-order valence-corrected chi connectivity index (χ0v) is 18.4. The van der Waals surface area contributed by atoms with Crippen molar-refractivity contribution in [2.45, 2.75) is 50.3 Å². The lowest BCUT2D eigenvalue weighted by Gasteiger charge is -2.30. The highest BCUT2D eigenvalue weighted by atomic mass is 32.2. The predicted molar refractivity (Wildman–Crippen MR) is 121 cm³/mol. The van der Waals surface area contributed by atoms with Crippen molar-refractivity contribution in [2.75, 3.05) is 5.32 Å². The van der Waals surface area contributed by atoms with E-state index >= 15 is 0 Å². The van der Waals surface area contributed by atoms with Crippen molar-refractivity contribution in [2.24, 2.45) is 0 Å². The Morgan fingerprint density at radius 1 is 1.28 bits per heavy atom. The Morgan fingerprint density at radius 3 is 2.72 bits per heavy atom. The van der Waals surface area contributed by atoms with Crippen LogP contribution in [-0.2, 0) is 6.54 Å². The minimum Gasteiger partial charge on any atom is -0.365 e. The van der Waals surface area contributed by atoms with E-state index in [0.717, 1.165) is 0 Å². The molecular formula is C22H22F2N6OS. The van der Waals surface area contributed by atoms with Gasteiger partial charge in [0.2, 0.25) is 0 Å². The van der Waals surface area contributed by atoms with Crippen molar-refractivity contribution >= 4 is 39.8 Å². The van der Waals surface area contributed by atoms with Crippen LogP contribution in [0.4, 0.5) is 14.6 Å². The molecule has 1 aliphatic heterocycles. The van der Waals surface area contributed by atoms with Crippen molar-refractivity contribution in [1.82, 2.24) is 15.3 Å². The van der Waals surface area contributed by atoms with Crippen LogP contribution in [-0.4, -0.2) is 38.8 Å². The summed E-state index contributed by atoms with van der Waals surface area (Å²) in [6.45, 7) is 3.73. The van der Waals surface area contributed by atoms with E-state index in [-0.39, 0.29) is 31.0 Å². The van der Waals surface area contributed by atoms with Crippen LogP contribution in [0.15, 0.2) is 35.0 Å². The summed E-state index contributed by atoms with van der Waals surface area (Å²) >= 11 is 1.22. The van der Waals surface area contributed by atoms with Crippen LogP contribution in [0.5, 0.6) is 0 Å². The van der Waals surface area contributed by atoms with Gasteiger partial charge in [-0.1, -0.05) is 17.8 Å². The topological polar surface area (TPSA) is 115 Å². The van der Waals surface area contributed by atoms with E-state index in [0.29, 0.717) is 43.9 Å². The molecule has 1 aliphatic carbocycles. The molecule has 2 heterocycles. The first-order valence-corrected chi connectivity index (χ1v) is 10.9. The molecule has 2 aromatic rings. The quantitative estimate of drug-likeness (QED) is 0.483. The number of halogens is 2. The standard InChI is InChI=1S/C22H22F2N6OS/c1-10(11(2)25)17-18-19(32-20(17)26)21(29-9-28-18)27-8-12-3-4-16(24)15(5-12)22(31)30-14-6-13(23)7-14/h3-5,9,13-14,25-26H,6-8H2,1-2H3,(H,30,31)(H,27,28,29)/b17-10-,25-11?,26-20?. The van der Waals surface area contributed by atoms with Gasteiger partial charge in [0.15, 0.2) is 0 Å². The zero-order chi connectivity index (χ0) is 23.0. The Balaban J connectivity index is 1.52. The summed E-state index contributed by atoms with van der Waals surface area (Å²) < 4.78 is 27.2. The fourth-order valence-electron chi connectivity index (χ4n) is 3.54. The van der Waals surface area contributed by atoms with Gasteiger partial charge in [-0.3, -0.25) is 10.2 Å². The fraction of sp³-hybridized carbons (Fsp3) is 0.318. The molecule has 7 nitrogen and oxygen atoms in total. The molecule has 166 valence electrons. The Bertz CT molecular complexity index is 1160. The lowest BCUT2D eigenvalue weighted by molar-refractivity contribution is 0.0856. The van der Waals surface area contributed by atoms with Crippen molar-refractivity contribution < 1.29 is 13.6 Å². The van der Waals surface area contributed by atoms with Crippen molar-refractivity contribution in [3.8, 4) is 0 Å². The minimum atomic E-state index is -0.906. The van der Waals surface area contributed by atoms with Crippen LogP contribution in [0.25, 0.3) is 5.57 Å². The zero-order valence-electron chi connectivity index (χ0n) is 17.6. The highest BCUT2D eigenvalue weighted by Gasteiger charge is 2.31. The van der Waals surface area contributed by atoms with Gasteiger partial charge in [-0.05, 0) is 50.0 Å². The molecule has 0 bridgehead atoms. The number of rotatable bonds is 6. The van der Waals surface area contributed by atoms with Gasteiger partial charge in [0.05, 0.1) is 16.2 Å². The average Bonchev–Trinajstić information content (AvgIpc) is 3.07. The lowest BCUT2D eigenvalue weighted by atomic mass is 9.90. The number of aromatic nitrogens is 2. The summed E-state index contributed by atoms with van der Waals surface area (Å²) in [5.74, 6) is -0.670. The first-order valence-electron chi connectivity index (χ1n) is 10.1. The normalized spacial score (nSPS) is 20.9. The van der Waals surface area contributed by atoms with Gasteiger partial charge >= 0.3 is 0 Å². The van der Waals surface area contributed by atoms with Gasteiger partial charge in [-0.2, -0.15) is 0 Å². The van der Waals surface area contributed by atoms with E-state index < -0.39 is 17.9 Å². The number of alkyl halides is 1. The molecule has 1 fully saturated rings. The van der Waals surface area contributed by atoms with E-state index in [9.17, 15) is 13.6 Å². The van der Waals surface area contributed by atoms with E-state index in [1.165, 1.54) is 30.2 Å². The Kier molecular flexibility index (Phi) is 6.05. The molecule has 0 atom stereocenters. The maximum Gasteiger partial charge on any atom is 0.254 e. The number of amides is 1. The van der Waals surface area contributed by atoms with E-state index in [1.807, 2.05) is 0 Å². The van der Waals surface area contributed by atoms with Crippen molar-refractivity contribution in [3.05, 3.63) is 52.7 Å². The fourth-order valence-corrected chi connectivity index (χ4v) is 4.57. The number of carbonyl (C=O) groups is 1. The van der Waals surface area contributed by atoms with Crippen LogP contribution < -0.4 is 10.6 Å². The van der Waals surface area contributed by atoms with Crippen LogP contribution in [0, 0.1) is 16.6 Å². The van der Waals surface area contributed by atoms with Crippen molar-refractivity contribution in [3.63, 3.8) is 0 Å². The first-order chi connectivity index (χ1) is 15.2. The number of benzene rings is 1. The third-order valence-electron chi connectivity index (χ3n) is 5.56. The molecule has 0 unspecified atom stereocenters. The average molecular weight is 457 g/mol. The van der Waals surface area contributed by atoms with Gasteiger partial charge in [-0.15, -0.1) is 0 Å². The summed E-state index contributed by atoms with van der Waals surface area (Å²) in [5.41, 5.74) is 2.86. The van der Waals surface area contributed by atoms with E-state index in [4.69, 9.17) is 10.8 Å². The third-order valence-corrected chi connectivity index (χ3v) is 6.56. The molecular weight excluding hydrogens is 434 g/mol. The molecule has 1 aromatic carbocycles. The number of nitrogens with zero attached hydrogens (tertiary/aromatic N) is 2. The second-order valence-electron chi connectivity index (χ2n) is 7.86. The second-order valence-corrected chi connectivity index (χ2v) is 8.88. The lowest BCUT2D eigenvalue weighted by Crippen LogP contribution is -2.45. The summed E-state index contributed by atoms with van der Waals surface area (Å²) in [4.78, 5) is 21.7. The largest absolute Gasteiger partial charge is 0.365 e. The predicted octanol–water partition coefficient (Wildman–Crippen LogP) is 4.35. The van der Waals surface area contributed by atoms with E-state index in [2.05, 4.69) is 20.6 Å². The molecule has 1 saturated carbocycles. The summed E-state index contributed by atoms with van der Waals surface area (Å²) in [7, 11) is 0. The monoisotopic (exact) mass is 456 g/mol. The molecule has 1 amide bonds. The molecule has 4 N–H and O–H groups in total. The van der Waals surface area contributed by atoms with Crippen LogP contribution in [0.2, 0.25) is 0 Å². The van der Waals surface area contributed by atoms with Gasteiger partial charge in [0.25, 0.3) is 5.91 Å². The van der Waals surface area contributed by atoms with Crippen LogP contribution in [0.1, 0.15) is 48.3 Å². The number of hydrogen-bond donors (Lipinski definition) is 4. The number of hydrogen-bond acceptors (Lipinski definition) is 7. The first kappa shape index (κ1) is 22.1. The Labute approximate surface area is 188 Å². The van der Waals surface area contributed by atoms with Gasteiger partial charge in [0, 0.05) is 23.9 Å². The highest BCUT2D eigenvalue weighted by molar-refractivity contribution is 8.15. The number of thioether (sulfide) groups is 1. The van der Waals surface area contributed by atoms with Crippen LogP contribution >= 0.6 is 11.8 Å². The number of carbonyl (C=O) groups excluding carboxylic acids is 1. The molecule has 4 rings (SSSR count). The van der Waals surface area contributed by atoms with Crippen molar-refractivity contribution in [1.29, 1.82) is 10.8 Å². The maximum atomic E-state index is 14.2. The van der Waals surface area contributed by atoms with Gasteiger partial charge in [-0.25, -0.2) is 18.7 Å². The Hall–Kier alpha value is -3.14. The third kappa shape index (κ3) is 4.27. The summed E-state index contributed by atoms with van der Waals surface area (Å²) in [5, 5.41) is 22.3. The maximum absolute atomic E-state index is 14.2. The number of anilines is 1. The minimum absolute atomic E-state index is 0.0852. The molecule has 1 aromatic heterocycles. The van der Waals surface area contributed by atoms with Crippen LogP contribution in [0.3, 0.4) is 0 Å². The molecule has 10 heteroatoms.